The molecule has 3 heterocycles. The summed E-state index contributed by atoms with van der Waals surface area (Å²) in [6.07, 6.45) is 5.23. The van der Waals surface area contributed by atoms with E-state index in [0.29, 0.717) is 17.5 Å². The molecule has 8 heteroatoms. The molecule has 2 aromatic rings. The molecule has 1 aliphatic rings. The Labute approximate surface area is 153 Å². The molecule has 1 fully saturated rings. The van der Waals surface area contributed by atoms with E-state index in [1.807, 2.05) is 32.0 Å². The summed E-state index contributed by atoms with van der Waals surface area (Å²) in [5, 5.41) is 4.27. The van der Waals surface area contributed by atoms with Crippen molar-refractivity contribution in [2.24, 2.45) is 13.0 Å². The van der Waals surface area contributed by atoms with Gasteiger partial charge in [-0.2, -0.15) is 5.10 Å². The van der Waals surface area contributed by atoms with Crippen molar-refractivity contribution in [3.63, 3.8) is 0 Å². The molecule has 0 bridgehead atoms. The van der Waals surface area contributed by atoms with Crippen LogP contribution in [0.4, 0.5) is 5.82 Å². The number of methoxy groups -OCH3 is 1. The van der Waals surface area contributed by atoms with Crippen LogP contribution >= 0.6 is 0 Å². The van der Waals surface area contributed by atoms with Crippen LogP contribution in [-0.4, -0.2) is 64.3 Å². The standard InChI is InChI=1S/C18H26N6O2/c1-13-11-15(23(3)21-13)18(25)24-9-5-14(6-10-24)12-22(2)16-17(26-4)20-8-7-19-16/h7-8,11,14H,5-6,9-10,12H2,1-4H3. The second-order valence-corrected chi connectivity index (χ2v) is 6.80. The second-order valence-electron chi connectivity index (χ2n) is 6.80. The van der Waals surface area contributed by atoms with Gasteiger partial charge >= 0.3 is 0 Å². The van der Waals surface area contributed by atoms with Gasteiger partial charge in [-0.25, -0.2) is 9.97 Å². The molecule has 2 aromatic heterocycles. The number of ether oxygens (including phenoxy) is 1. The maximum absolute atomic E-state index is 12.7. The fourth-order valence-corrected chi connectivity index (χ4v) is 3.49. The third-order valence-electron chi connectivity index (χ3n) is 4.86. The fourth-order valence-electron chi connectivity index (χ4n) is 3.49. The average Bonchev–Trinajstić information content (AvgIpc) is 2.99. The second kappa shape index (κ2) is 7.72. The lowest BCUT2D eigenvalue weighted by Gasteiger charge is -2.34. The van der Waals surface area contributed by atoms with E-state index in [0.717, 1.165) is 44.0 Å². The van der Waals surface area contributed by atoms with Crippen LogP contribution in [0.3, 0.4) is 0 Å². The van der Waals surface area contributed by atoms with Gasteiger partial charge in [-0.05, 0) is 31.7 Å². The van der Waals surface area contributed by atoms with Gasteiger partial charge in [-0.15, -0.1) is 0 Å². The number of nitrogens with zero attached hydrogens (tertiary/aromatic N) is 6. The van der Waals surface area contributed by atoms with Crippen LogP contribution in [-0.2, 0) is 7.05 Å². The molecular formula is C18H26N6O2. The highest BCUT2D eigenvalue weighted by molar-refractivity contribution is 5.92. The number of aryl methyl sites for hydroxylation is 2. The smallest absolute Gasteiger partial charge is 0.272 e. The summed E-state index contributed by atoms with van der Waals surface area (Å²) < 4.78 is 6.95. The fraction of sp³-hybridized carbons (Fsp3) is 0.556. The van der Waals surface area contributed by atoms with Crippen LogP contribution in [0.1, 0.15) is 29.0 Å². The van der Waals surface area contributed by atoms with E-state index in [2.05, 4.69) is 20.0 Å². The maximum atomic E-state index is 12.7. The van der Waals surface area contributed by atoms with Crippen LogP contribution in [0.15, 0.2) is 18.5 Å². The molecule has 0 radical (unpaired) electrons. The summed E-state index contributed by atoms with van der Waals surface area (Å²) >= 11 is 0. The van der Waals surface area contributed by atoms with E-state index in [1.165, 1.54) is 0 Å². The molecule has 0 saturated carbocycles. The van der Waals surface area contributed by atoms with Crippen molar-refractivity contribution >= 4 is 11.7 Å². The number of piperidine rings is 1. The average molecular weight is 358 g/mol. The van der Waals surface area contributed by atoms with Gasteiger partial charge in [-0.3, -0.25) is 9.48 Å². The monoisotopic (exact) mass is 358 g/mol. The molecule has 0 aromatic carbocycles. The van der Waals surface area contributed by atoms with Gasteiger partial charge in [0.2, 0.25) is 0 Å². The maximum Gasteiger partial charge on any atom is 0.272 e. The van der Waals surface area contributed by atoms with Crippen molar-refractivity contribution in [1.82, 2.24) is 24.6 Å². The summed E-state index contributed by atoms with van der Waals surface area (Å²) in [6, 6.07) is 1.85. The van der Waals surface area contributed by atoms with Gasteiger partial charge in [0.05, 0.1) is 12.8 Å². The molecule has 0 unspecified atom stereocenters. The number of likely N-dealkylation sites (tertiary alicyclic amines) is 1. The SMILES string of the molecule is COc1nccnc1N(C)CC1CCN(C(=O)c2cc(C)nn2C)CC1. The normalized spacial score (nSPS) is 15.2. The van der Waals surface area contributed by atoms with Gasteiger partial charge in [0.1, 0.15) is 5.69 Å². The summed E-state index contributed by atoms with van der Waals surface area (Å²) in [5.41, 5.74) is 1.52. The van der Waals surface area contributed by atoms with Crippen molar-refractivity contribution < 1.29 is 9.53 Å². The van der Waals surface area contributed by atoms with E-state index >= 15 is 0 Å². The first-order valence-electron chi connectivity index (χ1n) is 8.85. The molecule has 1 aliphatic heterocycles. The Morgan fingerprint density at radius 3 is 2.62 bits per heavy atom. The highest BCUT2D eigenvalue weighted by Gasteiger charge is 2.26. The van der Waals surface area contributed by atoms with E-state index < -0.39 is 0 Å². The van der Waals surface area contributed by atoms with Gasteiger partial charge < -0.3 is 14.5 Å². The lowest BCUT2D eigenvalue weighted by molar-refractivity contribution is 0.0682. The number of rotatable bonds is 5. The zero-order chi connectivity index (χ0) is 18.7. The third kappa shape index (κ3) is 3.79. The van der Waals surface area contributed by atoms with Crippen molar-refractivity contribution in [2.75, 3.05) is 38.7 Å². The molecular weight excluding hydrogens is 332 g/mol. The Kier molecular flexibility index (Phi) is 5.39. The van der Waals surface area contributed by atoms with Gasteiger partial charge in [0.25, 0.3) is 11.8 Å². The molecule has 8 nitrogen and oxygen atoms in total. The summed E-state index contributed by atoms with van der Waals surface area (Å²) in [6.45, 7) is 4.29. The molecule has 1 saturated heterocycles. The predicted octanol–water partition coefficient (Wildman–Crippen LogP) is 1.52. The van der Waals surface area contributed by atoms with E-state index in [9.17, 15) is 4.79 Å². The summed E-state index contributed by atoms with van der Waals surface area (Å²) in [7, 11) is 5.42. The van der Waals surface area contributed by atoms with Crippen molar-refractivity contribution in [3.05, 3.63) is 29.8 Å². The highest BCUT2D eigenvalue weighted by atomic mass is 16.5. The first kappa shape index (κ1) is 18.2. The molecule has 26 heavy (non-hydrogen) atoms. The first-order valence-corrected chi connectivity index (χ1v) is 8.85. The molecule has 0 atom stereocenters. The van der Waals surface area contributed by atoms with Crippen molar-refractivity contribution in [1.29, 1.82) is 0 Å². The van der Waals surface area contributed by atoms with Crippen LogP contribution in [0, 0.1) is 12.8 Å². The lowest BCUT2D eigenvalue weighted by Crippen LogP contribution is -2.41. The topological polar surface area (TPSA) is 76.4 Å². The minimum atomic E-state index is 0.0653. The van der Waals surface area contributed by atoms with Crippen molar-refractivity contribution in [2.45, 2.75) is 19.8 Å². The van der Waals surface area contributed by atoms with Crippen LogP contribution in [0.25, 0.3) is 0 Å². The van der Waals surface area contributed by atoms with E-state index in [4.69, 9.17) is 4.74 Å². The zero-order valence-corrected chi connectivity index (χ0v) is 15.8. The lowest BCUT2D eigenvalue weighted by atomic mass is 9.96. The largest absolute Gasteiger partial charge is 0.478 e. The van der Waals surface area contributed by atoms with E-state index in [-0.39, 0.29) is 5.91 Å². The quantitative estimate of drug-likeness (QED) is 0.806. The summed E-state index contributed by atoms with van der Waals surface area (Å²) in [5.74, 6) is 1.85. The number of hydrogen-bond donors (Lipinski definition) is 0. The third-order valence-corrected chi connectivity index (χ3v) is 4.86. The Balaban J connectivity index is 1.57. The number of carbonyl (C=O) groups is 1. The Morgan fingerprint density at radius 1 is 1.31 bits per heavy atom. The number of hydrogen-bond acceptors (Lipinski definition) is 6. The minimum absolute atomic E-state index is 0.0653. The Hall–Kier alpha value is -2.64. The molecule has 3 rings (SSSR count). The number of carbonyl (C=O) groups excluding carboxylic acids is 1. The molecule has 0 aliphatic carbocycles. The molecule has 0 spiro atoms. The van der Waals surface area contributed by atoms with Crippen LogP contribution < -0.4 is 9.64 Å². The molecule has 1 amide bonds. The molecule has 140 valence electrons. The van der Waals surface area contributed by atoms with Crippen LogP contribution in [0.2, 0.25) is 0 Å². The van der Waals surface area contributed by atoms with E-state index in [1.54, 1.807) is 24.2 Å². The first-order chi connectivity index (χ1) is 12.5. The van der Waals surface area contributed by atoms with Gasteiger partial charge in [-0.1, -0.05) is 0 Å². The zero-order valence-electron chi connectivity index (χ0n) is 15.8. The number of aromatic nitrogens is 4. The number of anilines is 1. The van der Waals surface area contributed by atoms with Crippen LogP contribution in [0.5, 0.6) is 5.88 Å². The molecule has 0 N–H and O–H groups in total. The van der Waals surface area contributed by atoms with Crippen molar-refractivity contribution in [3.8, 4) is 5.88 Å². The highest BCUT2D eigenvalue weighted by Crippen LogP contribution is 2.25. The minimum Gasteiger partial charge on any atom is -0.478 e. The summed E-state index contributed by atoms with van der Waals surface area (Å²) in [4.78, 5) is 25.3. The number of amides is 1. The van der Waals surface area contributed by atoms with Gasteiger partial charge in [0, 0.05) is 46.1 Å². The Morgan fingerprint density at radius 2 is 2.00 bits per heavy atom. The van der Waals surface area contributed by atoms with Gasteiger partial charge in [0.15, 0.2) is 5.82 Å². The predicted molar refractivity (Wildman–Crippen MR) is 98.4 cm³/mol. The Bertz CT molecular complexity index is 767.